The van der Waals surface area contributed by atoms with E-state index >= 15 is 0 Å². The fourth-order valence-electron chi connectivity index (χ4n) is 3.75. The number of nitrogens with zero attached hydrogens (tertiary/aromatic N) is 3. The molecule has 0 aliphatic heterocycles. The maximum atomic E-state index is 12.9. The highest BCUT2D eigenvalue weighted by atomic mass is 16.5. The van der Waals surface area contributed by atoms with Gasteiger partial charge in [-0.25, -0.2) is 4.79 Å². The molecule has 7 nitrogen and oxygen atoms in total. The minimum atomic E-state index is -0.505. The molecule has 2 aromatic heterocycles. The lowest BCUT2D eigenvalue weighted by Crippen LogP contribution is -2.30. The molecule has 0 unspecified atom stereocenters. The number of carbonyl (C=O) groups is 1. The van der Waals surface area contributed by atoms with Crippen molar-refractivity contribution in [3.05, 3.63) is 95.9 Å². The number of fused-ring (bicyclic) bond motifs is 1. The van der Waals surface area contributed by atoms with Gasteiger partial charge in [-0.2, -0.15) is 0 Å². The molecule has 0 saturated carbocycles. The van der Waals surface area contributed by atoms with E-state index in [0.717, 1.165) is 46.6 Å². The summed E-state index contributed by atoms with van der Waals surface area (Å²) in [6.45, 7) is 2.87. The van der Waals surface area contributed by atoms with Crippen LogP contribution in [0.1, 0.15) is 30.3 Å². The first-order chi connectivity index (χ1) is 16.6. The number of rotatable bonds is 7. The van der Waals surface area contributed by atoms with Crippen LogP contribution in [0.15, 0.2) is 89.3 Å². The van der Waals surface area contributed by atoms with E-state index in [0.29, 0.717) is 21.6 Å². The lowest BCUT2D eigenvalue weighted by molar-refractivity contribution is -0.645. The number of hydrogen-bond donors (Lipinski definition) is 0. The Bertz CT molecular complexity index is 1430. The van der Waals surface area contributed by atoms with E-state index in [1.807, 2.05) is 48.5 Å². The summed E-state index contributed by atoms with van der Waals surface area (Å²) in [5, 5.41) is 15.8. The predicted octanol–water partition coefficient (Wildman–Crippen LogP) is 5.46. The van der Waals surface area contributed by atoms with Gasteiger partial charge in [-0.15, -0.1) is 4.85 Å². The zero-order valence-corrected chi connectivity index (χ0v) is 18.7. The summed E-state index contributed by atoms with van der Waals surface area (Å²) in [5.41, 5.74) is 3.73. The molecule has 0 saturated heterocycles. The maximum Gasteiger partial charge on any atom is 0.402 e. The molecule has 0 spiro atoms. The minimum absolute atomic E-state index is 0.103. The zero-order valence-electron chi connectivity index (χ0n) is 18.7. The highest BCUT2D eigenvalue weighted by molar-refractivity contribution is 5.98. The normalized spacial score (nSPS) is 11.1. The fourth-order valence-corrected chi connectivity index (χ4v) is 3.75. The van der Waals surface area contributed by atoms with Crippen molar-refractivity contribution in [2.45, 2.75) is 19.8 Å². The van der Waals surface area contributed by atoms with Gasteiger partial charge in [0, 0.05) is 5.56 Å². The number of aromatic nitrogens is 3. The van der Waals surface area contributed by atoms with E-state index in [-0.39, 0.29) is 5.76 Å². The van der Waals surface area contributed by atoms with E-state index < -0.39 is 5.91 Å². The molecule has 5 rings (SSSR count). The molecule has 5 aromatic rings. The molecule has 0 aliphatic carbocycles. The molecular weight excluding hydrogens is 430 g/mol. The Labute approximate surface area is 196 Å². The lowest BCUT2D eigenvalue weighted by atomic mass is 10.0. The zero-order chi connectivity index (χ0) is 23.5. The van der Waals surface area contributed by atoms with Crippen molar-refractivity contribution < 1.29 is 18.8 Å². The summed E-state index contributed by atoms with van der Waals surface area (Å²) in [7, 11) is 0. The van der Waals surface area contributed by atoms with E-state index in [1.165, 1.54) is 0 Å². The third kappa shape index (κ3) is 4.15. The second kappa shape index (κ2) is 9.23. The standard InChI is InChI=1S/C27H23N3O4/c1-2-3-18-33-22-14-12-20(13-15-22)19-8-10-21(11-9-19)25-16-17-26(34-25)27(31)29-23-6-4-5-7-24(23)30(32)28-29/h4-17H,2-3,18H2,1H3. The number of furan rings is 1. The first kappa shape index (κ1) is 21.5. The highest BCUT2D eigenvalue weighted by Crippen LogP contribution is 2.28. The molecule has 0 atom stereocenters. The number of hydrogen-bond acceptors (Lipinski definition) is 5. The molecule has 0 bridgehead atoms. The van der Waals surface area contributed by atoms with E-state index in [9.17, 15) is 10.0 Å². The van der Waals surface area contributed by atoms with Gasteiger partial charge in [-0.1, -0.05) is 66.6 Å². The van der Waals surface area contributed by atoms with Crippen molar-refractivity contribution in [2.24, 2.45) is 0 Å². The summed E-state index contributed by atoms with van der Waals surface area (Å²) in [6.07, 6.45) is 2.15. The van der Waals surface area contributed by atoms with Crippen LogP contribution in [0.2, 0.25) is 0 Å². The molecule has 0 amide bonds. The average Bonchev–Trinajstić information content (AvgIpc) is 3.50. The Kier molecular flexibility index (Phi) is 5.82. The van der Waals surface area contributed by atoms with Crippen LogP contribution in [0.5, 0.6) is 5.75 Å². The largest absolute Gasteiger partial charge is 0.691 e. The molecular formula is C27H23N3O4. The second-order valence-electron chi connectivity index (χ2n) is 7.94. The summed E-state index contributed by atoms with van der Waals surface area (Å²) >= 11 is 0. The van der Waals surface area contributed by atoms with Crippen molar-refractivity contribution in [3.63, 3.8) is 0 Å². The Hall–Kier alpha value is -4.39. The molecule has 0 N–H and O–H groups in total. The quantitative estimate of drug-likeness (QED) is 0.185. The van der Waals surface area contributed by atoms with Crippen LogP contribution in [0, 0.1) is 5.21 Å². The second-order valence-corrected chi connectivity index (χ2v) is 7.94. The Morgan fingerprint density at radius 1 is 0.941 bits per heavy atom. The smallest absolute Gasteiger partial charge is 0.402 e. The number of ether oxygens (including phenoxy) is 1. The number of benzene rings is 3. The first-order valence-electron chi connectivity index (χ1n) is 11.2. The molecule has 7 heteroatoms. The summed E-state index contributed by atoms with van der Waals surface area (Å²) in [4.78, 5) is 13.3. The summed E-state index contributed by atoms with van der Waals surface area (Å²) < 4.78 is 12.6. The average molecular weight is 453 g/mol. The van der Waals surface area contributed by atoms with Crippen LogP contribution < -0.4 is 9.58 Å². The Morgan fingerprint density at radius 2 is 1.62 bits per heavy atom. The molecule has 2 heterocycles. The molecule has 3 aromatic carbocycles. The number of unbranched alkanes of at least 4 members (excludes halogenated alkanes) is 1. The number of carbonyl (C=O) groups excluding carboxylic acids is 1. The van der Waals surface area contributed by atoms with E-state index in [1.54, 1.807) is 36.4 Å². The van der Waals surface area contributed by atoms with Crippen molar-refractivity contribution in [2.75, 3.05) is 6.61 Å². The van der Waals surface area contributed by atoms with Crippen LogP contribution in [-0.4, -0.2) is 22.4 Å². The monoisotopic (exact) mass is 453 g/mol. The third-order valence-corrected chi connectivity index (χ3v) is 5.62. The number of para-hydroxylation sites is 2. The third-order valence-electron chi connectivity index (χ3n) is 5.62. The van der Waals surface area contributed by atoms with Gasteiger partial charge in [0.25, 0.3) is 0 Å². The van der Waals surface area contributed by atoms with Crippen molar-refractivity contribution in [1.29, 1.82) is 0 Å². The van der Waals surface area contributed by atoms with Crippen molar-refractivity contribution >= 4 is 16.9 Å². The van der Waals surface area contributed by atoms with Crippen LogP contribution in [-0.2, 0) is 0 Å². The van der Waals surface area contributed by atoms with E-state index in [2.05, 4.69) is 12.1 Å². The lowest BCUT2D eigenvalue weighted by Gasteiger charge is -2.07. The Balaban J connectivity index is 1.33. The van der Waals surface area contributed by atoms with Crippen LogP contribution >= 0.6 is 0 Å². The fraction of sp³-hybridized carbons (Fsp3) is 0.148. The summed E-state index contributed by atoms with van der Waals surface area (Å²) in [5.74, 6) is 1.02. The van der Waals surface area contributed by atoms with Gasteiger partial charge in [-0.05, 0) is 53.9 Å². The molecule has 0 fully saturated rings. The van der Waals surface area contributed by atoms with Gasteiger partial charge in [0.2, 0.25) is 16.8 Å². The van der Waals surface area contributed by atoms with Gasteiger partial charge in [0.05, 0.1) is 6.61 Å². The van der Waals surface area contributed by atoms with Crippen molar-refractivity contribution in [3.8, 4) is 28.2 Å². The van der Waals surface area contributed by atoms with Gasteiger partial charge in [0.1, 0.15) is 16.7 Å². The van der Waals surface area contributed by atoms with Gasteiger partial charge < -0.3 is 14.4 Å². The molecule has 0 aliphatic rings. The molecule has 34 heavy (non-hydrogen) atoms. The SMILES string of the molecule is CCCCOc1ccc(-c2ccc(-c3ccc(C(=O)n4n[n+]([O-])c5ccccc54)o3)cc2)cc1. The van der Waals surface area contributed by atoms with Gasteiger partial charge in [-0.3, -0.25) is 0 Å². The van der Waals surface area contributed by atoms with Gasteiger partial charge >= 0.3 is 5.91 Å². The molecule has 170 valence electrons. The van der Waals surface area contributed by atoms with E-state index in [4.69, 9.17) is 9.15 Å². The van der Waals surface area contributed by atoms with Crippen LogP contribution in [0.3, 0.4) is 0 Å². The Morgan fingerprint density at radius 3 is 2.35 bits per heavy atom. The van der Waals surface area contributed by atoms with Crippen LogP contribution in [0.25, 0.3) is 33.5 Å². The minimum Gasteiger partial charge on any atom is -0.691 e. The topological polar surface area (TPSA) is 84.2 Å². The van der Waals surface area contributed by atoms with Gasteiger partial charge in [0.15, 0.2) is 0 Å². The maximum absolute atomic E-state index is 12.9. The predicted molar refractivity (Wildman–Crippen MR) is 128 cm³/mol. The molecule has 0 radical (unpaired) electrons. The highest BCUT2D eigenvalue weighted by Gasteiger charge is 2.25. The summed E-state index contributed by atoms with van der Waals surface area (Å²) in [6, 6.07) is 26.0. The van der Waals surface area contributed by atoms with Crippen molar-refractivity contribution in [1.82, 2.24) is 9.90 Å². The van der Waals surface area contributed by atoms with Crippen LogP contribution in [0.4, 0.5) is 0 Å². The first-order valence-corrected chi connectivity index (χ1v) is 11.2.